The Morgan fingerprint density at radius 2 is 2.06 bits per heavy atom. The van der Waals surface area contributed by atoms with E-state index in [0.29, 0.717) is 23.0 Å². The molecule has 0 N–H and O–H groups in total. The molecule has 0 fully saturated rings. The number of nitriles is 1. The summed E-state index contributed by atoms with van der Waals surface area (Å²) in [5, 5.41) is 14.4. The number of rotatable bonds is 2. The van der Waals surface area contributed by atoms with E-state index in [-0.39, 0.29) is 0 Å². The fourth-order valence-electron chi connectivity index (χ4n) is 1.46. The molecule has 2 aromatic heterocycles. The Labute approximate surface area is 106 Å². The lowest BCUT2D eigenvalue weighted by molar-refractivity contribution is 0.432. The van der Waals surface area contributed by atoms with E-state index in [0.717, 1.165) is 5.56 Å². The predicted octanol–water partition coefficient (Wildman–Crippen LogP) is 2.73. The quantitative estimate of drug-likeness (QED) is 0.702. The molecule has 6 heteroatoms. The van der Waals surface area contributed by atoms with Gasteiger partial charge in [-0.25, -0.2) is 4.98 Å². The highest BCUT2D eigenvalue weighted by Crippen LogP contribution is 2.22. The Morgan fingerprint density at radius 3 is 2.72 bits per heavy atom. The lowest BCUT2D eigenvalue weighted by Crippen LogP contribution is -1.81. The van der Waals surface area contributed by atoms with E-state index < -0.39 is 0 Å². The zero-order valence-electron chi connectivity index (χ0n) is 9.07. The summed E-state index contributed by atoms with van der Waals surface area (Å²) >= 11 is 1.48. The molecule has 0 saturated heterocycles. The molecule has 0 unspecified atom stereocenters. The molecule has 2 heterocycles. The van der Waals surface area contributed by atoms with Gasteiger partial charge in [0.25, 0.3) is 5.89 Å². The van der Waals surface area contributed by atoms with Crippen molar-refractivity contribution in [1.82, 2.24) is 15.1 Å². The van der Waals surface area contributed by atoms with Crippen LogP contribution in [0, 0.1) is 11.3 Å². The van der Waals surface area contributed by atoms with Crippen molar-refractivity contribution in [3.05, 3.63) is 40.7 Å². The summed E-state index contributed by atoms with van der Waals surface area (Å²) in [6, 6.07) is 9.03. The second-order valence-electron chi connectivity index (χ2n) is 3.49. The monoisotopic (exact) mass is 254 g/mol. The first kappa shape index (κ1) is 10.6. The number of aromatic nitrogens is 3. The van der Waals surface area contributed by atoms with E-state index in [9.17, 15) is 0 Å². The van der Waals surface area contributed by atoms with Crippen LogP contribution in [0.4, 0.5) is 0 Å². The van der Waals surface area contributed by atoms with Gasteiger partial charge in [-0.3, -0.25) is 0 Å². The first-order valence-electron chi connectivity index (χ1n) is 5.09. The molecule has 0 bridgehead atoms. The van der Waals surface area contributed by atoms with E-state index in [1.165, 1.54) is 11.3 Å². The van der Waals surface area contributed by atoms with Gasteiger partial charge in [-0.05, 0) is 24.3 Å². The minimum atomic E-state index is 0.419. The van der Waals surface area contributed by atoms with Gasteiger partial charge in [0.1, 0.15) is 5.69 Å². The summed E-state index contributed by atoms with van der Waals surface area (Å²) in [6.07, 6.45) is 0. The van der Waals surface area contributed by atoms with Crippen LogP contribution < -0.4 is 0 Å². The molecular weight excluding hydrogens is 248 g/mol. The lowest BCUT2D eigenvalue weighted by Gasteiger charge is -1.92. The molecule has 0 radical (unpaired) electrons. The standard InChI is InChI=1S/C12H6N4OS/c13-5-8-1-3-9(4-2-8)12-15-11(16-17-12)10-6-18-7-14-10/h1-4,6-7H. The maximum atomic E-state index is 8.72. The Kier molecular flexibility index (Phi) is 2.59. The molecule has 3 rings (SSSR count). The van der Waals surface area contributed by atoms with Gasteiger partial charge in [0.2, 0.25) is 5.82 Å². The molecule has 0 aliphatic carbocycles. The first-order valence-corrected chi connectivity index (χ1v) is 6.04. The molecule has 0 aliphatic rings. The molecule has 86 valence electrons. The van der Waals surface area contributed by atoms with Crippen LogP contribution in [-0.2, 0) is 0 Å². The van der Waals surface area contributed by atoms with Crippen molar-refractivity contribution >= 4 is 11.3 Å². The fourth-order valence-corrected chi connectivity index (χ4v) is 1.99. The molecule has 5 nitrogen and oxygen atoms in total. The van der Waals surface area contributed by atoms with Gasteiger partial charge >= 0.3 is 0 Å². The molecule has 18 heavy (non-hydrogen) atoms. The molecular formula is C12H6N4OS. The Bertz CT molecular complexity index is 695. The minimum absolute atomic E-state index is 0.419. The Hall–Kier alpha value is -2.52. The summed E-state index contributed by atoms with van der Waals surface area (Å²) in [7, 11) is 0. The normalized spacial score (nSPS) is 10.2. The third-order valence-electron chi connectivity index (χ3n) is 2.35. The van der Waals surface area contributed by atoms with E-state index in [4.69, 9.17) is 9.78 Å². The van der Waals surface area contributed by atoms with E-state index in [2.05, 4.69) is 21.2 Å². The van der Waals surface area contributed by atoms with Gasteiger partial charge < -0.3 is 4.52 Å². The fraction of sp³-hybridized carbons (Fsp3) is 0. The topological polar surface area (TPSA) is 75.6 Å². The van der Waals surface area contributed by atoms with Gasteiger partial charge in [0.15, 0.2) is 0 Å². The van der Waals surface area contributed by atoms with Crippen molar-refractivity contribution in [1.29, 1.82) is 5.26 Å². The lowest BCUT2D eigenvalue weighted by atomic mass is 10.1. The average Bonchev–Trinajstić information content (AvgIpc) is 3.09. The third-order valence-corrected chi connectivity index (χ3v) is 2.93. The molecule has 3 aromatic rings. The molecule has 0 atom stereocenters. The molecule has 0 spiro atoms. The van der Waals surface area contributed by atoms with E-state index >= 15 is 0 Å². The largest absolute Gasteiger partial charge is 0.334 e. The molecule has 1 aromatic carbocycles. The predicted molar refractivity (Wildman–Crippen MR) is 65.6 cm³/mol. The van der Waals surface area contributed by atoms with Crippen LogP contribution in [0.15, 0.2) is 39.7 Å². The third kappa shape index (κ3) is 1.87. The van der Waals surface area contributed by atoms with Crippen LogP contribution in [-0.4, -0.2) is 15.1 Å². The highest BCUT2D eigenvalue weighted by atomic mass is 32.1. The van der Waals surface area contributed by atoms with Crippen molar-refractivity contribution in [2.45, 2.75) is 0 Å². The number of hydrogen-bond acceptors (Lipinski definition) is 6. The van der Waals surface area contributed by atoms with Crippen LogP contribution in [0.3, 0.4) is 0 Å². The molecule has 0 amide bonds. The summed E-state index contributed by atoms with van der Waals surface area (Å²) in [5.41, 5.74) is 3.79. The SMILES string of the molecule is N#Cc1ccc(-c2nc(-c3cscn3)no2)cc1. The van der Waals surface area contributed by atoms with Gasteiger partial charge in [0.05, 0.1) is 17.1 Å². The number of hydrogen-bond donors (Lipinski definition) is 0. The second kappa shape index (κ2) is 4.39. The van der Waals surface area contributed by atoms with E-state index in [1.807, 2.05) is 5.38 Å². The van der Waals surface area contributed by atoms with Crippen molar-refractivity contribution in [2.75, 3.05) is 0 Å². The summed E-state index contributed by atoms with van der Waals surface area (Å²) in [5.74, 6) is 0.887. The zero-order chi connectivity index (χ0) is 12.4. The van der Waals surface area contributed by atoms with Crippen LogP contribution in [0.1, 0.15) is 5.56 Å². The maximum Gasteiger partial charge on any atom is 0.258 e. The smallest absolute Gasteiger partial charge is 0.258 e. The van der Waals surface area contributed by atoms with Crippen molar-refractivity contribution in [2.24, 2.45) is 0 Å². The minimum Gasteiger partial charge on any atom is -0.334 e. The van der Waals surface area contributed by atoms with Gasteiger partial charge in [-0.1, -0.05) is 5.16 Å². The zero-order valence-corrected chi connectivity index (χ0v) is 9.89. The van der Waals surface area contributed by atoms with Crippen LogP contribution in [0.5, 0.6) is 0 Å². The Balaban J connectivity index is 1.95. The molecule has 0 saturated carbocycles. The van der Waals surface area contributed by atoms with Crippen molar-refractivity contribution in [3.8, 4) is 29.0 Å². The molecule has 0 aliphatic heterocycles. The number of nitrogens with zero attached hydrogens (tertiary/aromatic N) is 4. The average molecular weight is 254 g/mol. The van der Waals surface area contributed by atoms with Crippen LogP contribution >= 0.6 is 11.3 Å². The van der Waals surface area contributed by atoms with Crippen molar-refractivity contribution in [3.63, 3.8) is 0 Å². The summed E-state index contributed by atoms with van der Waals surface area (Å²) < 4.78 is 5.17. The van der Waals surface area contributed by atoms with Crippen LogP contribution in [0.2, 0.25) is 0 Å². The van der Waals surface area contributed by atoms with E-state index in [1.54, 1.807) is 29.8 Å². The Morgan fingerprint density at radius 1 is 1.22 bits per heavy atom. The van der Waals surface area contributed by atoms with Gasteiger partial charge in [-0.2, -0.15) is 10.2 Å². The summed E-state index contributed by atoms with van der Waals surface area (Å²) in [4.78, 5) is 8.37. The van der Waals surface area contributed by atoms with Crippen molar-refractivity contribution < 1.29 is 4.52 Å². The van der Waals surface area contributed by atoms with Crippen LogP contribution in [0.25, 0.3) is 23.0 Å². The summed E-state index contributed by atoms with van der Waals surface area (Å²) in [6.45, 7) is 0. The van der Waals surface area contributed by atoms with Gasteiger partial charge in [0, 0.05) is 10.9 Å². The highest BCUT2D eigenvalue weighted by Gasteiger charge is 2.11. The second-order valence-corrected chi connectivity index (χ2v) is 4.20. The maximum absolute atomic E-state index is 8.72. The van der Waals surface area contributed by atoms with Gasteiger partial charge in [-0.15, -0.1) is 11.3 Å². The highest BCUT2D eigenvalue weighted by molar-refractivity contribution is 7.07. The first-order chi connectivity index (χ1) is 8.86. The number of benzene rings is 1. The number of thiazole rings is 1.